The quantitative estimate of drug-likeness (QED) is 0.688. The minimum atomic E-state index is -0.203. The van der Waals surface area contributed by atoms with E-state index in [-0.39, 0.29) is 11.1 Å². The van der Waals surface area contributed by atoms with Crippen LogP contribution in [0, 0.1) is 6.92 Å². The third-order valence-corrected chi connectivity index (χ3v) is 3.36. The molecule has 5 heteroatoms. The van der Waals surface area contributed by atoms with Gasteiger partial charge in [-0.2, -0.15) is 0 Å². The summed E-state index contributed by atoms with van der Waals surface area (Å²) in [6.07, 6.45) is 1.57. The SMILES string of the molecule is Cc1ccc2[nH]c(=O)c(CNc3ccc[nH]c3=O)cc2c1. The van der Waals surface area contributed by atoms with Crippen molar-refractivity contribution in [2.45, 2.75) is 13.5 Å². The van der Waals surface area contributed by atoms with E-state index in [1.54, 1.807) is 18.3 Å². The first-order valence-corrected chi connectivity index (χ1v) is 6.67. The first-order chi connectivity index (χ1) is 10.1. The van der Waals surface area contributed by atoms with Gasteiger partial charge in [0.25, 0.3) is 11.1 Å². The number of rotatable bonds is 3. The third-order valence-electron chi connectivity index (χ3n) is 3.36. The predicted octanol–water partition coefficient (Wildman–Crippen LogP) is 2.14. The fraction of sp³-hybridized carbons (Fsp3) is 0.125. The average molecular weight is 281 g/mol. The molecule has 2 heterocycles. The molecule has 0 fully saturated rings. The highest BCUT2D eigenvalue weighted by molar-refractivity contribution is 5.79. The molecule has 1 aromatic carbocycles. The molecule has 0 bridgehead atoms. The standard InChI is InChI=1S/C16H15N3O2/c1-10-4-5-13-11(7-10)8-12(15(20)19-13)9-18-14-3-2-6-17-16(14)21/h2-8,18H,9H2,1H3,(H,17,21)(H,19,20). The van der Waals surface area contributed by atoms with Gasteiger partial charge < -0.3 is 15.3 Å². The Balaban J connectivity index is 1.94. The van der Waals surface area contributed by atoms with Crippen LogP contribution in [0.1, 0.15) is 11.1 Å². The molecule has 106 valence electrons. The van der Waals surface area contributed by atoms with Gasteiger partial charge in [-0.3, -0.25) is 9.59 Å². The summed E-state index contributed by atoms with van der Waals surface area (Å²) in [5, 5.41) is 3.97. The summed E-state index contributed by atoms with van der Waals surface area (Å²) in [5.41, 5.74) is 2.63. The first-order valence-electron chi connectivity index (χ1n) is 6.67. The molecule has 2 aromatic heterocycles. The van der Waals surface area contributed by atoms with Gasteiger partial charge in [-0.05, 0) is 42.6 Å². The highest BCUT2D eigenvalue weighted by Crippen LogP contribution is 2.13. The molecule has 3 N–H and O–H groups in total. The second kappa shape index (κ2) is 5.28. The molecule has 0 unspecified atom stereocenters. The van der Waals surface area contributed by atoms with Gasteiger partial charge in [0.1, 0.15) is 5.69 Å². The van der Waals surface area contributed by atoms with E-state index >= 15 is 0 Å². The number of anilines is 1. The molecule has 3 rings (SSSR count). The van der Waals surface area contributed by atoms with Gasteiger partial charge in [-0.1, -0.05) is 11.6 Å². The molecule has 3 aromatic rings. The molecular formula is C16H15N3O2. The lowest BCUT2D eigenvalue weighted by atomic mass is 10.1. The largest absolute Gasteiger partial charge is 0.376 e. The number of benzene rings is 1. The zero-order chi connectivity index (χ0) is 14.8. The van der Waals surface area contributed by atoms with Gasteiger partial charge in [0, 0.05) is 23.8 Å². The van der Waals surface area contributed by atoms with Crippen LogP contribution in [0.2, 0.25) is 0 Å². The Kier molecular flexibility index (Phi) is 3.31. The second-order valence-corrected chi connectivity index (χ2v) is 4.98. The fourth-order valence-corrected chi connectivity index (χ4v) is 2.25. The molecule has 0 radical (unpaired) electrons. The number of hydrogen-bond acceptors (Lipinski definition) is 3. The Morgan fingerprint density at radius 2 is 1.95 bits per heavy atom. The van der Waals surface area contributed by atoms with Crippen molar-refractivity contribution in [3.8, 4) is 0 Å². The summed E-state index contributed by atoms with van der Waals surface area (Å²) in [6.45, 7) is 2.30. The minimum absolute atomic E-state index is 0.147. The van der Waals surface area contributed by atoms with Crippen LogP contribution in [0.15, 0.2) is 52.2 Å². The van der Waals surface area contributed by atoms with E-state index in [1.165, 1.54) is 0 Å². The van der Waals surface area contributed by atoms with E-state index in [0.717, 1.165) is 16.5 Å². The number of fused-ring (bicyclic) bond motifs is 1. The van der Waals surface area contributed by atoms with Crippen molar-refractivity contribution in [2.24, 2.45) is 0 Å². The number of nitrogens with one attached hydrogen (secondary N) is 3. The van der Waals surface area contributed by atoms with E-state index in [0.29, 0.717) is 17.8 Å². The molecule has 0 amide bonds. The predicted molar refractivity (Wildman–Crippen MR) is 83.7 cm³/mol. The maximum Gasteiger partial charge on any atom is 0.271 e. The Morgan fingerprint density at radius 3 is 2.76 bits per heavy atom. The Morgan fingerprint density at radius 1 is 1.10 bits per heavy atom. The van der Waals surface area contributed by atoms with Crippen molar-refractivity contribution < 1.29 is 0 Å². The number of aryl methyl sites for hydroxylation is 1. The maximum absolute atomic E-state index is 12.0. The molecule has 21 heavy (non-hydrogen) atoms. The molecule has 0 aliphatic carbocycles. The molecule has 0 aliphatic heterocycles. The first kappa shape index (κ1) is 13.2. The van der Waals surface area contributed by atoms with Gasteiger partial charge >= 0.3 is 0 Å². The second-order valence-electron chi connectivity index (χ2n) is 4.98. The highest BCUT2D eigenvalue weighted by atomic mass is 16.1. The zero-order valence-electron chi connectivity index (χ0n) is 11.6. The van der Waals surface area contributed by atoms with E-state index < -0.39 is 0 Å². The fourth-order valence-electron chi connectivity index (χ4n) is 2.25. The summed E-state index contributed by atoms with van der Waals surface area (Å²) < 4.78 is 0. The van der Waals surface area contributed by atoms with Crippen molar-refractivity contribution >= 4 is 16.6 Å². The number of hydrogen-bond donors (Lipinski definition) is 3. The van der Waals surface area contributed by atoms with Crippen molar-refractivity contribution in [1.29, 1.82) is 0 Å². The summed E-state index contributed by atoms with van der Waals surface area (Å²) in [7, 11) is 0. The van der Waals surface area contributed by atoms with E-state index in [2.05, 4.69) is 15.3 Å². The monoisotopic (exact) mass is 281 g/mol. The van der Waals surface area contributed by atoms with Crippen LogP contribution in [0.25, 0.3) is 10.9 Å². The van der Waals surface area contributed by atoms with Gasteiger partial charge in [0.2, 0.25) is 0 Å². The Hall–Kier alpha value is -2.82. The maximum atomic E-state index is 12.0. The topological polar surface area (TPSA) is 77.8 Å². The smallest absolute Gasteiger partial charge is 0.271 e. The minimum Gasteiger partial charge on any atom is -0.376 e. The lowest BCUT2D eigenvalue weighted by Crippen LogP contribution is -2.18. The molecule has 0 spiro atoms. The lowest BCUT2D eigenvalue weighted by Gasteiger charge is -2.06. The molecule has 0 atom stereocenters. The third kappa shape index (κ3) is 2.72. The summed E-state index contributed by atoms with van der Waals surface area (Å²) in [5.74, 6) is 0. The number of aromatic amines is 2. The molecule has 5 nitrogen and oxygen atoms in total. The average Bonchev–Trinajstić information content (AvgIpc) is 2.47. The van der Waals surface area contributed by atoms with Gasteiger partial charge in [0.05, 0.1) is 0 Å². The summed E-state index contributed by atoms with van der Waals surface area (Å²) in [4.78, 5) is 29.1. The number of aromatic nitrogens is 2. The van der Waals surface area contributed by atoms with Crippen molar-refractivity contribution in [2.75, 3.05) is 5.32 Å². The van der Waals surface area contributed by atoms with Crippen LogP contribution in [-0.2, 0) is 6.54 Å². The normalized spacial score (nSPS) is 10.7. The molecule has 0 aliphatic rings. The van der Waals surface area contributed by atoms with Crippen molar-refractivity contribution in [1.82, 2.24) is 9.97 Å². The molecule has 0 saturated carbocycles. The Labute approximate surface area is 120 Å². The van der Waals surface area contributed by atoms with E-state index in [1.807, 2.05) is 31.2 Å². The highest BCUT2D eigenvalue weighted by Gasteiger charge is 2.04. The molecule has 0 saturated heterocycles. The van der Waals surface area contributed by atoms with Crippen LogP contribution in [0.4, 0.5) is 5.69 Å². The number of pyridine rings is 2. The van der Waals surface area contributed by atoms with Crippen molar-refractivity contribution in [3.63, 3.8) is 0 Å². The zero-order valence-corrected chi connectivity index (χ0v) is 11.6. The van der Waals surface area contributed by atoms with Gasteiger partial charge in [-0.15, -0.1) is 0 Å². The summed E-state index contributed by atoms with van der Waals surface area (Å²) >= 11 is 0. The van der Waals surface area contributed by atoms with Crippen LogP contribution in [-0.4, -0.2) is 9.97 Å². The van der Waals surface area contributed by atoms with E-state index in [9.17, 15) is 9.59 Å². The van der Waals surface area contributed by atoms with Gasteiger partial charge in [0.15, 0.2) is 0 Å². The number of H-pyrrole nitrogens is 2. The van der Waals surface area contributed by atoms with Crippen LogP contribution in [0.3, 0.4) is 0 Å². The van der Waals surface area contributed by atoms with Crippen molar-refractivity contribution in [3.05, 3.63) is 74.4 Å². The lowest BCUT2D eigenvalue weighted by molar-refractivity contribution is 1.07. The van der Waals surface area contributed by atoms with Crippen LogP contribution >= 0.6 is 0 Å². The van der Waals surface area contributed by atoms with Crippen LogP contribution < -0.4 is 16.4 Å². The summed E-state index contributed by atoms with van der Waals surface area (Å²) in [6, 6.07) is 11.1. The van der Waals surface area contributed by atoms with Crippen LogP contribution in [0.5, 0.6) is 0 Å². The molecular weight excluding hydrogens is 266 g/mol. The van der Waals surface area contributed by atoms with Gasteiger partial charge in [-0.25, -0.2) is 0 Å². The van der Waals surface area contributed by atoms with E-state index in [4.69, 9.17) is 0 Å². The Bertz CT molecular complexity index is 909.